The molecule has 1 aromatic rings. The Labute approximate surface area is 114 Å². The maximum atomic E-state index is 13.5. The summed E-state index contributed by atoms with van der Waals surface area (Å²) in [6, 6.07) is 4.26. The average molecular weight is 323 g/mol. The summed E-state index contributed by atoms with van der Waals surface area (Å²) in [6.07, 6.45) is 0.644. The molecule has 0 heterocycles. The highest BCUT2D eigenvalue weighted by Gasteiger charge is 2.15. The molecule has 0 aliphatic heterocycles. The lowest BCUT2D eigenvalue weighted by Crippen LogP contribution is -2.34. The van der Waals surface area contributed by atoms with Crippen LogP contribution in [0.5, 0.6) is 0 Å². The van der Waals surface area contributed by atoms with E-state index in [4.69, 9.17) is 11.6 Å². The van der Waals surface area contributed by atoms with E-state index in [0.717, 1.165) is 0 Å². The summed E-state index contributed by atoms with van der Waals surface area (Å²) >= 11 is 8.96. The predicted molar refractivity (Wildman–Crippen MR) is 71.0 cm³/mol. The summed E-state index contributed by atoms with van der Waals surface area (Å²) in [4.78, 5) is 11.8. The first kappa shape index (κ1) is 14.5. The minimum Gasteiger partial charge on any atom is -0.349 e. The van der Waals surface area contributed by atoms with E-state index in [9.17, 15) is 9.18 Å². The molecule has 0 saturated carbocycles. The first-order chi connectivity index (χ1) is 7.90. The number of nitrogens with one attached hydrogen (secondary N) is 1. The molecule has 17 heavy (non-hydrogen) atoms. The van der Waals surface area contributed by atoms with Crippen LogP contribution in [0, 0.1) is 5.82 Å². The van der Waals surface area contributed by atoms with Gasteiger partial charge in [-0.1, -0.05) is 15.9 Å². The van der Waals surface area contributed by atoms with Crippen LogP contribution in [0.15, 0.2) is 22.7 Å². The lowest BCUT2D eigenvalue weighted by Gasteiger charge is -2.15. The molecular weight excluding hydrogens is 308 g/mol. The number of carbonyl (C=O) groups is 1. The average Bonchev–Trinajstić information content (AvgIpc) is 2.15. The molecule has 0 aliphatic carbocycles. The molecule has 94 valence electrons. The number of benzene rings is 1. The van der Waals surface area contributed by atoms with Crippen molar-refractivity contribution >= 4 is 33.4 Å². The molecule has 1 amide bonds. The Kier molecular flexibility index (Phi) is 5.40. The van der Waals surface area contributed by atoms with Crippen molar-refractivity contribution in [3.8, 4) is 0 Å². The summed E-state index contributed by atoms with van der Waals surface area (Å²) in [5, 5.41) is 2.68. The van der Waals surface area contributed by atoms with Crippen LogP contribution in [-0.4, -0.2) is 17.3 Å². The maximum absolute atomic E-state index is 13.5. The fourth-order valence-electron chi connectivity index (χ4n) is 1.52. The first-order valence-corrected chi connectivity index (χ1v) is 6.53. The lowest BCUT2D eigenvalue weighted by molar-refractivity contribution is 0.0934. The van der Waals surface area contributed by atoms with Gasteiger partial charge in [0.1, 0.15) is 5.82 Å². The molecule has 0 aliphatic rings. The van der Waals surface area contributed by atoms with Gasteiger partial charge < -0.3 is 5.32 Å². The molecule has 0 bridgehead atoms. The summed E-state index contributed by atoms with van der Waals surface area (Å²) in [5.41, 5.74) is 0.0438. The second-order valence-electron chi connectivity index (χ2n) is 4.02. The van der Waals surface area contributed by atoms with E-state index in [1.165, 1.54) is 12.1 Å². The Morgan fingerprint density at radius 3 is 2.71 bits per heavy atom. The third-order valence-electron chi connectivity index (χ3n) is 2.23. The number of amides is 1. The molecular formula is C12H14BrClFNO. The van der Waals surface area contributed by atoms with E-state index in [0.29, 0.717) is 10.9 Å². The summed E-state index contributed by atoms with van der Waals surface area (Å²) in [5.74, 6) is -0.956. The monoisotopic (exact) mass is 321 g/mol. The van der Waals surface area contributed by atoms with E-state index in [2.05, 4.69) is 21.2 Å². The van der Waals surface area contributed by atoms with E-state index in [-0.39, 0.29) is 17.0 Å². The Bertz CT molecular complexity index is 411. The molecule has 0 fully saturated rings. The molecule has 1 aromatic carbocycles. The first-order valence-electron chi connectivity index (χ1n) is 5.30. The van der Waals surface area contributed by atoms with Crippen molar-refractivity contribution in [3.63, 3.8) is 0 Å². The Balaban J connectivity index is 2.70. The molecule has 2 nitrogen and oxygen atoms in total. The fraction of sp³-hybridized carbons (Fsp3) is 0.417. The van der Waals surface area contributed by atoms with Crippen LogP contribution in [0.1, 0.15) is 30.6 Å². The van der Waals surface area contributed by atoms with Crippen molar-refractivity contribution < 1.29 is 9.18 Å². The van der Waals surface area contributed by atoms with Gasteiger partial charge >= 0.3 is 0 Å². The third-order valence-corrected chi connectivity index (χ3v) is 2.90. The fourth-order valence-corrected chi connectivity index (χ4v) is 2.12. The molecule has 0 radical (unpaired) electrons. The smallest absolute Gasteiger partial charge is 0.254 e. The molecule has 1 rings (SSSR count). The molecule has 0 spiro atoms. The van der Waals surface area contributed by atoms with Gasteiger partial charge in [0.05, 0.1) is 5.56 Å². The van der Waals surface area contributed by atoms with Gasteiger partial charge in [0.25, 0.3) is 5.91 Å². The summed E-state index contributed by atoms with van der Waals surface area (Å²) < 4.78 is 14.1. The van der Waals surface area contributed by atoms with Crippen molar-refractivity contribution in [3.05, 3.63) is 34.1 Å². The minimum absolute atomic E-state index is 0.0277. The highest BCUT2D eigenvalue weighted by atomic mass is 79.9. The van der Waals surface area contributed by atoms with Crippen LogP contribution < -0.4 is 5.32 Å². The van der Waals surface area contributed by atoms with Crippen LogP contribution >= 0.6 is 27.5 Å². The highest BCUT2D eigenvalue weighted by Crippen LogP contribution is 2.15. The molecule has 2 atom stereocenters. The molecule has 0 aromatic heterocycles. The van der Waals surface area contributed by atoms with Gasteiger partial charge in [-0.05, 0) is 38.5 Å². The van der Waals surface area contributed by atoms with Gasteiger partial charge in [-0.15, -0.1) is 11.6 Å². The molecule has 5 heteroatoms. The van der Waals surface area contributed by atoms with Gasteiger partial charge in [0.2, 0.25) is 0 Å². The SMILES string of the molecule is CC(Cl)CC(C)NC(=O)c1ccc(Br)cc1F. The number of alkyl halides is 1. The molecule has 0 saturated heterocycles. The van der Waals surface area contributed by atoms with Gasteiger partial charge in [-0.3, -0.25) is 4.79 Å². The lowest BCUT2D eigenvalue weighted by atomic mass is 10.1. The van der Waals surface area contributed by atoms with Crippen LogP contribution in [-0.2, 0) is 0 Å². The number of halogens is 3. The van der Waals surface area contributed by atoms with Crippen LogP contribution in [0.25, 0.3) is 0 Å². The van der Waals surface area contributed by atoms with E-state index in [1.807, 2.05) is 13.8 Å². The zero-order valence-corrected chi connectivity index (χ0v) is 12.0. The van der Waals surface area contributed by atoms with Gasteiger partial charge in [0.15, 0.2) is 0 Å². The molecule has 2 unspecified atom stereocenters. The van der Waals surface area contributed by atoms with E-state index >= 15 is 0 Å². The van der Waals surface area contributed by atoms with E-state index in [1.54, 1.807) is 6.07 Å². The highest BCUT2D eigenvalue weighted by molar-refractivity contribution is 9.10. The molecule has 1 N–H and O–H groups in total. The third kappa shape index (κ3) is 4.64. The Morgan fingerprint density at radius 1 is 1.53 bits per heavy atom. The van der Waals surface area contributed by atoms with Gasteiger partial charge in [-0.2, -0.15) is 0 Å². The van der Waals surface area contributed by atoms with Crippen molar-refractivity contribution in [2.24, 2.45) is 0 Å². The second kappa shape index (κ2) is 6.36. The quantitative estimate of drug-likeness (QED) is 0.841. The predicted octanol–water partition coefficient (Wildman–Crippen LogP) is 3.72. The number of hydrogen-bond acceptors (Lipinski definition) is 1. The number of carbonyl (C=O) groups excluding carboxylic acids is 1. The zero-order chi connectivity index (χ0) is 13.0. The van der Waals surface area contributed by atoms with Gasteiger partial charge in [0, 0.05) is 15.9 Å². The topological polar surface area (TPSA) is 29.1 Å². The maximum Gasteiger partial charge on any atom is 0.254 e. The van der Waals surface area contributed by atoms with Crippen molar-refractivity contribution in [2.45, 2.75) is 31.7 Å². The summed E-state index contributed by atoms with van der Waals surface area (Å²) in [6.45, 7) is 3.69. The van der Waals surface area contributed by atoms with Crippen molar-refractivity contribution in [1.82, 2.24) is 5.32 Å². The Morgan fingerprint density at radius 2 is 2.18 bits per heavy atom. The Hall–Kier alpha value is -0.610. The van der Waals surface area contributed by atoms with E-state index < -0.39 is 11.7 Å². The van der Waals surface area contributed by atoms with Crippen LogP contribution in [0.3, 0.4) is 0 Å². The van der Waals surface area contributed by atoms with Crippen LogP contribution in [0.2, 0.25) is 0 Å². The number of rotatable bonds is 4. The standard InChI is InChI=1S/C12H14BrClFNO/c1-7(14)5-8(2)16-12(17)10-4-3-9(13)6-11(10)15/h3-4,6-8H,5H2,1-2H3,(H,16,17). The second-order valence-corrected chi connectivity index (χ2v) is 5.68. The minimum atomic E-state index is -0.539. The van der Waals surface area contributed by atoms with Crippen molar-refractivity contribution in [1.29, 1.82) is 0 Å². The summed E-state index contributed by atoms with van der Waals surface area (Å²) in [7, 11) is 0. The number of hydrogen-bond donors (Lipinski definition) is 1. The largest absolute Gasteiger partial charge is 0.349 e. The van der Waals surface area contributed by atoms with Gasteiger partial charge in [-0.25, -0.2) is 4.39 Å². The zero-order valence-electron chi connectivity index (χ0n) is 9.64. The van der Waals surface area contributed by atoms with Crippen LogP contribution in [0.4, 0.5) is 4.39 Å². The normalized spacial score (nSPS) is 14.2. The van der Waals surface area contributed by atoms with Crippen molar-refractivity contribution in [2.75, 3.05) is 0 Å².